The van der Waals surface area contributed by atoms with E-state index < -0.39 is 29.4 Å². The first kappa shape index (κ1) is 26.8. The monoisotopic (exact) mass is 498 g/mol. The standard InChI is InChI=1S/C24H33F3N4O4/c1-16(2)14-20(28-17(3)32)21(33)30-10-8-23(9-11-30)15-31(12-13-35-23)22(34)29-19-6-4-18(5-7-19)24(25,26)27/h4-7,16,20H,8-15H2,1-3H3,(H,28,32)(H,29,34). The van der Waals surface area contributed by atoms with Crippen LogP contribution >= 0.6 is 0 Å². The Morgan fingerprint density at radius 3 is 2.23 bits per heavy atom. The van der Waals surface area contributed by atoms with Crippen LogP contribution in [0.5, 0.6) is 0 Å². The summed E-state index contributed by atoms with van der Waals surface area (Å²) in [5.74, 6) is -0.121. The van der Waals surface area contributed by atoms with E-state index in [1.807, 2.05) is 13.8 Å². The third-order valence-corrected chi connectivity index (χ3v) is 6.37. The maximum atomic E-state index is 13.0. The van der Waals surface area contributed by atoms with E-state index in [-0.39, 0.29) is 23.4 Å². The molecule has 194 valence electrons. The number of carbonyl (C=O) groups is 3. The number of hydrogen-bond acceptors (Lipinski definition) is 4. The Labute approximate surface area is 203 Å². The predicted molar refractivity (Wildman–Crippen MR) is 124 cm³/mol. The number of carbonyl (C=O) groups excluding carboxylic acids is 3. The molecular formula is C24H33F3N4O4. The molecule has 2 aliphatic rings. The third-order valence-electron chi connectivity index (χ3n) is 6.37. The highest BCUT2D eigenvalue weighted by molar-refractivity contribution is 5.89. The number of anilines is 1. The fourth-order valence-electron chi connectivity index (χ4n) is 4.56. The van der Waals surface area contributed by atoms with Gasteiger partial charge in [0.25, 0.3) is 0 Å². The van der Waals surface area contributed by atoms with Crippen LogP contribution in [-0.4, -0.2) is 72.1 Å². The summed E-state index contributed by atoms with van der Waals surface area (Å²) in [5, 5.41) is 5.40. The predicted octanol–water partition coefficient (Wildman–Crippen LogP) is 3.48. The van der Waals surface area contributed by atoms with Crippen LogP contribution in [0.25, 0.3) is 0 Å². The Kier molecular flexibility index (Phi) is 8.30. The largest absolute Gasteiger partial charge is 0.416 e. The molecule has 1 atom stereocenters. The molecule has 0 bridgehead atoms. The first-order valence-corrected chi connectivity index (χ1v) is 11.8. The number of alkyl halides is 3. The van der Waals surface area contributed by atoms with E-state index in [2.05, 4.69) is 10.6 Å². The van der Waals surface area contributed by atoms with Gasteiger partial charge in [0.15, 0.2) is 0 Å². The second-order valence-corrected chi connectivity index (χ2v) is 9.67. The van der Waals surface area contributed by atoms with Gasteiger partial charge in [-0.25, -0.2) is 4.79 Å². The quantitative estimate of drug-likeness (QED) is 0.651. The molecular weight excluding hydrogens is 465 g/mol. The van der Waals surface area contributed by atoms with Gasteiger partial charge < -0.3 is 25.2 Å². The fraction of sp³-hybridized carbons (Fsp3) is 0.625. The second kappa shape index (κ2) is 10.8. The number of ether oxygens (including phenoxy) is 1. The Hall–Kier alpha value is -2.82. The lowest BCUT2D eigenvalue weighted by Crippen LogP contribution is -2.60. The molecule has 1 spiro atoms. The number of morpholine rings is 1. The molecule has 2 heterocycles. The summed E-state index contributed by atoms with van der Waals surface area (Å²) in [5.41, 5.74) is -1.09. The summed E-state index contributed by atoms with van der Waals surface area (Å²) >= 11 is 0. The van der Waals surface area contributed by atoms with Crippen LogP contribution in [-0.2, 0) is 20.5 Å². The molecule has 2 aliphatic heterocycles. The SMILES string of the molecule is CC(=O)NC(CC(C)C)C(=O)N1CCC2(CC1)CN(C(=O)Nc1ccc(C(F)(F)F)cc1)CCO2. The number of rotatable bonds is 5. The van der Waals surface area contributed by atoms with Crippen LogP contribution in [0.4, 0.5) is 23.7 Å². The van der Waals surface area contributed by atoms with E-state index >= 15 is 0 Å². The first-order valence-electron chi connectivity index (χ1n) is 11.8. The van der Waals surface area contributed by atoms with Crippen molar-refractivity contribution in [3.05, 3.63) is 29.8 Å². The normalized spacial score (nSPS) is 18.9. The average molecular weight is 499 g/mol. The number of benzene rings is 1. The number of urea groups is 1. The van der Waals surface area contributed by atoms with E-state index in [9.17, 15) is 27.6 Å². The molecule has 2 N–H and O–H groups in total. The molecule has 0 aromatic heterocycles. The van der Waals surface area contributed by atoms with E-state index in [1.54, 1.807) is 9.80 Å². The Morgan fingerprint density at radius 2 is 1.69 bits per heavy atom. The van der Waals surface area contributed by atoms with Crippen LogP contribution < -0.4 is 10.6 Å². The summed E-state index contributed by atoms with van der Waals surface area (Å²) in [6, 6.07) is 3.33. The van der Waals surface area contributed by atoms with E-state index in [1.165, 1.54) is 19.1 Å². The van der Waals surface area contributed by atoms with Gasteiger partial charge >= 0.3 is 12.2 Å². The molecule has 0 radical (unpaired) electrons. The fourth-order valence-corrected chi connectivity index (χ4v) is 4.56. The van der Waals surface area contributed by atoms with Gasteiger partial charge in [-0.2, -0.15) is 13.2 Å². The molecule has 0 aliphatic carbocycles. The van der Waals surface area contributed by atoms with Gasteiger partial charge in [0.2, 0.25) is 11.8 Å². The van der Waals surface area contributed by atoms with E-state index in [0.29, 0.717) is 52.0 Å². The Morgan fingerprint density at radius 1 is 1.06 bits per heavy atom. The minimum atomic E-state index is -4.44. The highest BCUT2D eigenvalue weighted by Crippen LogP contribution is 2.32. The van der Waals surface area contributed by atoms with Crippen LogP contribution in [0.2, 0.25) is 0 Å². The third kappa shape index (κ3) is 7.09. The average Bonchev–Trinajstić information content (AvgIpc) is 2.78. The number of amides is 4. The number of piperidine rings is 1. The van der Waals surface area contributed by atoms with Gasteiger partial charge in [-0.1, -0.05) is 13.8 Å². The number of halogens is 3. The maximum absolute atomic E-state index is 13.0. The van der Waals surface area contributed by atoms with Gasteiger partial charge in [-0.05, 0) is 49.4 Å². The van der Waals surface area contributed by atoms with Crippen molar-refractivity contribution in [2.75, 3.05) is 38.1 Å². The highest BCUT2D eigenvalue weighted by Gasteiger charge is 2.42. The molecule has 8 nitrogen and oxygen atoms in total. The van der Waals surface area contributed by atoms with Crippen LogP contribution in [0, 0.1) is 5.92 Å². The minimum absolute atomic E-state index is 0.114. The molecule has 4 amide bonds. The molecule has 1 aromatic carbocycles. The molecule has 35 heavy (non-hydrogen) atoms. The van der Waals surface area contributed by atoms with Crippen LogP contribution in [0.1, 0.15) is 45.6 Å². The zero-order valence-corrected chi connectivity index (χ0v) is 20.3. The smallest absolute Gasteiger partial charge is 0.371 e. The van der Waals surface area contributed by atoms with E-state index in [4.69, 9.17) is 4.74 Å². The molecule has 2 fully saturated rings. The lowest BCUT2D eigenvalue weighted by molar-refractivity contribution is -0.149. The molecule has 1 aromatic rings. The maximum Gasteiger partial charge on any atom is 0.416 e. The van der Waals surface area contributed by atoms with Crippen molar-refractivity contribution in [3.63, 3.8) is 0 Å². The summed E-state index contributed by atoms with van der Waals surface area (Å²) in [7, 11) is 0. The van der Waals surface area contributed by atoms with Crippen molar-refractivity contribution in [2.45, 2.75) is 57.9 Å². The van der Waals surface area contributed by atoms with Crippen LogP contribution in [0.15, 0.2) is 24.3 Å². The van der Waals surface area contributed by atoms with Crippen molar-refractivity contribution in [2.24, 2.45) is 5.92 Å². The number of nitrogens with zero attached hydrogens (tertiary/aromatic N) is 2. The zero-order chi connectivity index (χ0) is 25.8. The van der Waals surface area contributed by atoms with Crippen LogP contribution in [0.3, 0.4) is 0 Å². The van der Waals surface area contributed by atoms with Gasteiger partial charge in [0.05, 0.1) is 24.3 Å². The molecule has 3 rings (SSSR count). The number of nitrogens with one attached hydrogen (secondary N) is 2. The second-order valence-electron chi connectivity index (χ2n) is 9.67. The van der Waals surface area contributed by atoms with Gasteiger partial charge in [0.1, 0.15) is 6.04 Å². The van der Waals surface area contributed by atoms with Crippen molar-refractivity contribution >= 4 is 23.5 Å². The summed E-state index contributed by atoms with van der Waals surface area (Å²) < 4.78 is 44.3. The Bertz CT molecular complexity index is 912. The summed E-state index contributed by atoms with van der Waals surface area (Å²) in [6.07, 6.45) is -2.81. The van der Waals surface area contributed by atoms with E-state index in [0.717, 1.165) is 12.1 Å². The summed E-state index contributed by atoms with van der Waals surface area (Å²) in [4.78, 5) is 40.7. The molecule has 0 saturated carbocycles. The number of likely N-dealkylation sites (tertiary alicyclic amines) is 1. The van der Waals surface area contributed by atoms with Gasteiger partial charge in [0, 0.05) is 32.2 Å². The van der Waals surface area contributed by atoms with Gasteiger partial charge in [-0.3, -0.25) is 9.59 Å². The molecule has 11 heteroatoms. The topological polar surface area (TPSA) is 91.0 Å². The summed E-state index contributed by atoms with van der Waals surface area (Å²) in [6.45, 7) is 7.28. The van der Waals surface area contributed by atoms with Crippen molar-refractivity contribution in [1.82, 2.24) is 15.1 Å². The first-order chi connectivity index (χ1) is 16.4. The van der Waals surface area contributed by atoms with Gasteiger partial charge in [-0.15, -0.1) is 0 Å². The van der Waals surface area contributed by atoms with Crippen molar-refractivity contribution < 1.29 is 32.3 Å². The lowest BCUT2D eigenvalue weighted by Gasteiger charge is -2.47. The van der Waals surface area contributed by atoms with Crippen molar-refractivity contribution in [1.29, 1.82) is 0 Å². The van der Waals surface area contributed by atoms with Crippen molar-refractivity contribution in [3.8, 4) is 0 Å². The number of hydrogen-bond donors (Lipinski definition) is 2. The lowest BCUT2D eigenvalue weighted by atomic mass is 9.88. The minimum Gasteiger partial charge on any atom is -0.371 e. The Balaban J connectivity index is 1.57. The molecule has 1 unspecified atom stereocenters. The highest BCUT2D eigenvalue weighted by atomic mass is 19.4. The molecule has 2 saturated heterocycles. The zero-order valence-electron chi connectivity index (χ0n) is 20.3.